The summed E-state index contributed by atoms with van der Waals surface area (Å²) in [4.78, 5) is 33.1. The van der Waals surface area contributed by atoms with Crippen LogP contribution in [0.3, 0.4) is 0 Å². The lowest BCUT2D eigenvalue weighted by atomic mass is 10.1. The fraction of sp³-hybridized carbons (Fsp3) is 0.429. The molecule has 0 bridgehead atoms. The van der Waals surface area contributed by atoms with Crippen LogP contribution in [-0.2, 0) is 16.0 Å². The molecule has 1 saturated carbocycles. The lowest BCUT2D eigenvalue weighted by Gasteiger charge is -2.14. The van der Waals surface area contributed by atoms with E-state index in [1.807, 2.05) is 0 Å². The Morgan fingerprint density at radius 3 is 2.71 bits per heavy atom. The first-order valence-corrected chi connectivity index (χ1v) is 6.71. The molecule has 0 saturated heterocycles. The number of benzene rings is 1. The predicted molar refractivity (Wildman–Crippen MR) is 73.7 cm³/mol. The molecule has 2 N–H and O–H groups in total. The summed E-state index contributed by atoms with van der Waals surface area (Å²) in [5.74, 6) is -1.11. The van der Waals surface area contributed by atoms with Gasteiger partial charge in [-0.1, -0.05) is 25.0 Å². The first-order chi connectivity index (χ1) is 9.95. The average molecular weight is 292 g/mol. The van der Waals surface area contributed by atoms with Crippen LogP contribution in [0.5, 0.6) is 0 Å². The summed E-state index contributed by atoms with van der Waals surface area (Å²) in [6.45, 7) is 0. The van der Waals surface area contributed by atoms with Crippen LogP contribution in [-0.4, -0.2) is 27.9 Å². The molecule has 0 aromatic heterocycles. The lowest BCUT2D eigenvalue weighted by molar-refractivity contribution is -0.384. The Balaban J connectivity index is 1.94. The number of carbonyl (C=O) groups is 2. The molecule has 0 radical (unpaired) electrons. The quantitative estimate of drug-likeness (QED) is 0.584. The number of hydrogen-bond donors (Lipinski definition) is 2. The molecule has 1 aliphatic rings. The Hall–Kier alpha value is -2.44. The molecule has 7 nitrogen and oxygen atoms in total. The summed E-state index contributed by atoms with van der Waals surface area (Å²) < 4.78 is 0. The van der Waals surface area contributed by atoms with Crippen molar-refractivity contribution in [2.45, 2.75) is 31.7 Å². The maximum atomic E-state index is 11.9. The molecule has 1 aliphatic carbocycles. The van der Waals surface area contributed by atoms with Crippen molar-refractivity contribution in [3.63, 3.8) is 0 Å². The number of carboxylic acids is 1. The predicted octanol–water partition coefficient (Wildman–Crippen LogP) is 1.51. The number of hydrogen-bond acceptors (Lipinski definition) is 4. The Labute approximate surface area is 121 Å². The number of nitro benzene ring substituents is 1. The molecule has 7 heteroatoms. The number of carboxylic acid groups (broad SMARTS) is 1. The van der Waals surface area contributed by atoms with Gasteiger partial charge in [0.05, 0.1) is 11.3 Å². The van der Waals surface area contributed by atoms with Crippen molar-refractivity contribution in [2.75, 3.05) is 0 Å². The maximum Gasteiger partial charge on any atom is 0.326 e. The van der Waals surface area contributed by atoms with Gasteiger partial charge >= 0.3 is 5.97 Å². The second-order valence-electron chi connectivity index (χ2n) is 5.24. The van der Waals surface area contributed by atoms with Crippen LogP contribution in [0, 0.1) is 16.0 Å². The number of non-ortho nitro benzene ring substituents is 1. The third kappa shape index (κ3) is 4.55. The molecule has 0 aliphatic heterocycles. The van der Waals surface area contributed by atoms with Crippen LogP contribution in [0.4, 0.5) is 5.69 Å². The standard InChI is InChI=1S/C14H16N2O5/c17-13(15-12(14(18)19)7-9-4-5-9)8-10-2-1-3-11(6-10)16(20)21/h1-3,6,9,12H,4-5,7-8H2,(H,15,17)(H,18,19)/t12-/m0/s1. The number of rotatable bonds is 7. The third-order valence-electron chi connectivity index (χ3n) is 3.39. The van der Waals surface area contributed by atoms with Gasteiger partial charge in [-0.3, -0.25) is 14.9 Å². The molecule has 1 aromatic rings. The summed E-state index contributed by atoms with van der Waals surface area (Å²) in [5.41, 5.74) is 0.394. The number of nitrogens with zero attached hydrogens (tertiary/aromatic N) is 1. The van der Waals surface area contributed by atoms with Gasteiger partial charge in [0, 0.05) is 12.1 Å². The van der Waals surface area contributed by atoms with Gasteiger partial charge in [-0.15, -0.1) is 0 Å². The van der Waals surface area contributed by atoms with E-state index < -0.39 is 22.8 Å². The molecule has 1 aromatic carbocycles. The minimum Gasteiger partial charge on any atom is -0.480 e. The van der Waals surface area contributed by atoms with Crippen molar-refractivity contribution in [1.29, 1.82) is 0 Å². The van der Waals surface area contributed by atoms with E-state index in [2.05, 4.69) is 5.32 Å². The van der Waals surface area contributed by atoms with Crippen molar-refractivity contribution < 1.29 is 19.6 Å². The van der Waals surface area contributed by atoms with Gasteiger partial charge in [-0.25, -0.2) is 4.79 Å². The zero-order valence-corrected chi connectivity index (χ0v) is 11.3. The molecular formula is C14H16N2O5. The number of nitro groups is 1. The van der Waals surface area contributed by atoms with E-state index in [0.29, 0.717) is 17.9 Å². The van der Waals surface area contributed by atoms with E-state index in [4.69, 9.17) is 5.11 Å². The monoisotopic (exact) mass is 292 g/mol. The van der Waals surface area contributed by atoms with Crippen molar-refractivity contribution in [3.05, 3.63) is 39.9 Å². The lowest BCUT2D eigenvalue weighted by Crippen LogP contribution is -2.41. The SMILES string of the molecule is O=C(Cc1cccc([N+](=O)[O-])c1)N[C@@H](CC1CC1)C(=O)O. The molecule has 1 atom stereocenters. The fourth-order valence-corrected chi connectivity index (χ4v) is 2.12. The molecule has 1 amide bonds. The number of aliphatic carboxylic acids is 1. The highest BCUT2D eigenvalue weighted by molar-refractivity contribution is 5.84. The Morgan fingerprint density at radius 2 is 2.14 bits per heavy atom. The fourth-order valence-electron chi connectivity index (χ4n) is 2.12. The van der Waals surface area contributed by atoms with Gasteiger partial charge in [-0.05, 0) is 17.9 Å². The minimum atomic E-state index is -1.05. The first kappa shape index (κ1) is 15.0. The van der Waals surface area contributed by atoms with E-state index in [-0.39, 0.29) is 12.1 Å². The number of carbonyl (C=O) groups excluding carboxylic acids is 1. The molecule has 1 fully saturated rings. The zero-order chi connectivity index (χ0) is 15.4. The molecule has 112 valence electrons. The van der Waals surface area contributed by atoms with Gasteiger partial charge in [-0.2, -0.15) is 0 Å². The van der Waals surface area contributed by atoms with Crippen LogP contribution >= 0.6 is 0 Å². The van der Waals surface area contributed by atoms with E-state index >= 15 is 0 Å². The van der Waals surface area contributed by atoms with E-state index in [9.17, 15) is 19.7 Å². The normalized spacial score (nSPS) is 15.2. The second-order valence-corrected chi connectivity index (χ2v) is 5.24. The molecule has 21 heavy (non-hydrogen) atoms. The van der Waals surface area contributed by atoms with Crippen molar-refractivity contribution >= 4 is 17.6 Å². The van der Waals surface area contributed by atoms with Gasteiger partial charge in [0.2, 0.25) is 5.91 Å². The van der Waals surface area contributed by atoms with Gasteiger partial charge in [0.1, 0.15) is 6.04 Å². The summed E-state index contributed by atoms with van der Waals surface area (Å²) in [7, 11) is 0. The van der Waals surface area contributed by atoms with Crippen LogP contribution in [0.2, 0.25) is 0 Å². The first-order valence-electron chi connectivity index (χ1n) is 6.71. The van der Waals surface area contributed by atoms with Gasteiger partial charge in [0.15, 0.2) is 0 Å². The molecular weight excluding hydrogens is 276 g/mol. The van der Waals surface area contributed by atoms with Gasteiger partial charge < -0.3 is 10.4 Å². The van der Waals surface area contributed by atoms with Crippen LogP contribution < -0.4 is 5.32 Å². The Kier molecular flexibility index (Phi) is 4.52. The van der Waals surface area contributed by atoms with Gasteiger partial charge in [0.25, 0.3) is 5.69 Å². The second kappa shape index (κ2) is 6.34. The van der Waals surface area contributed by atoms with Crippen molar-refractivity contribution in [2.24, 2.45) is 5.92 Å². The summed E-state index contributed by atoms with van der Waals surface area (Å²) in [6.07, 6.45) is 2.38. The van der Waals surface area contributed by atoms with E-state index in [1.54, 1.807) is 6.07 Å². The Morgan fingerprint density at radius 1 is 1.43 bits per heavy atom. The smallest absolute Gasteiger partial charge is 0.326 e. The van der Waals surface area contributed by atoms with Crippen LogP contribution in [0.1, 0.15) is 24.8 Å². The van der Waals surface area contributed by atoms with Crippen LogP contribution in [0.15, 0.2) is 24.3 Å². The Bertz CT molecular complexity index is 568. The highest BCUT2D eigenvalue weighted by atomic mass is 16.6. The molecule has 0 spiro atoms. The third-order valence-corrected chi connectivity index (χ3v) is 3.39. The van der Waals surface area contributed by atoms with Crippen LogP contribution in [0.25, 0.3) is 0 Å². The topological polar surface area (TPSA) is 110 Å². The maximum absolute atomic E-state index is 11.9. The number of nitrogens with one attached hydrogen (secondary N) is 1. The molecule has 0 heterocycles. The van der Waals surface area contributed by atoms with E-state index in [1.165, 1.54) is 18.2 Å². The summed E-state index contributed by atoms with van der Waals surface area (Å²) in [5, 5.41) is 22.2. The largest absolute Gasteiger partial charge is 0.480 e. The van der Waals surface area contributed by atoms with Crippen molar-refractivity contribution in [1.82, 2.24) is 5.32 Å². The molecule has 0 unspecified atom stereocenters. The minimum absolute atomic E-state index is 0.0733. The molecule has 2 rings (SSSR count). The van der Waals surface area contributed by atoms with E-state index in [0.717, 1.165) is 12.8 Å². The summed E-state index contributed by atoms with van der Waals surface area (Å²) >= 11 is 0. The highest BCUT2D eigenvalue weighted by Gasteiger charge is 2.30. The number of amides is 1. The zero-order valence-electron chi connectivity index (χ0n) is 11.3. The van der Waals surface area contributed by atoms with Crippen molar-refractivity contribution in [3.8, 4) is 0 Å². The average Bonchev–Trinajstić information content (AvgIpc) is 3.22. The summed E-state index contributed by atoms with van der Waals surface area (Å²) in [6, 6.07) is 4.87. The highest BCUT2D eigenvalue weighted by Crippen LogP contribution is 2.33.